The Morgan fingerprint density at radius 3 is 2.69 bits per heavy atom. The number of rotatable bonds is 4. The van der Waals surface area contributed by atoms with E-state index < -0.39 is 0 Å². The molecule has 2 aromatic heterocycles. The summed E-state index contributed by atoms with van der Waals surface area (Å²) in [5.41, 5.74) is 1.60. The third kappa shape index (κ3) is 2.11. The molecule has 0 bridgehead atoms. The maximum Gasteiger partial charge on any atom is 0.182 e. The molecule has 2 rings (SSSR count). The van der Waals surface area contributed by atoms with Gasteiger partial charge in [0.25, 0.3) is 0 Å². The predicted octanol–water partition coefficient (Wildman–Crippen LogP) is 0.351. The smallest absolute Gasteiger partial charge is 0.182 e. The molecule has 0 aliphatic carbocycles. The lowest BCUT2D eigenvalue weighted by atomic mass is 10.4. The standard InChI is InChI=1S/C10H16N6/c1-15(2)4-5-16(3)10-8-9(12-6-11-8)13-7-14-10/h6-7H,4-5H2,1-3H3,(H,11,12,13,14). The lowest BCUT2D eigenvalue weighted by molar-refractivity contribution is 0.416. The van der Waals surface area contributed by atoms with Gasteiger partial charge in [-0.1, -0.05) is 0 Å². The average molecular weight is 220 g/mol. The first-order chi connectivity index (χ1) is 7.68. The van der Waals surface area contributed by atoms with Crippen molar-refractivity contribution in [2.75, 3.05) is 39.1 Å². The molecule has 0 amide bonds. The summed E-state index contributed by atoms with van der Waals surface area (Å²) in [6.45, 7) is 1.90. The van der Waals surface area contributed by atoms with E-state index in [0.29, 0.717) is 5.65 Å². The van der Waals surface area contributed by atoms with Crippen molar-refractivity contribution in [3.8, 4) is 0 Å². The molecule has 0 spiro atoms. The summed E-state index contributed by atoms with van der Waals surface area (Å²) >= 11 is 0. The molecule has 2 aromatic rings. The molecule has 0 radical (unpaired) electrons. The van der Waals surface area contributed by atoms with Crippen molar-refractivity contribution in [2.45, 2.75) is 0 Å². The summed E-state index contributed by atoms with van der Waals surface area (Å²) in [6.07, 6.45) is 3.19. The SMILES string of the molecule is CN(C)CCN(C)c1ncnc2nc[nH]c12. The average Bonchev–Trinajstić information content (AvgIpc) is 2.73. The maximum atomic E-state index is 4.28. The first-order valence-electron chi connectivity index (χ1n) is 5.18. The molecule has 6 nitrogen and oxygen atoms in total. The number of H-pyrrole nitrogens is 1. The van der Waals surface area contributed by atoms with Gasteiger partial charge in [-0.15, -0.1) is 0 Å². The van der Waals surface area contributed by atoms with Gasteiger partial charge in [0.2, 0.25) is 0 Å². The van der Waals surface area contributed by atoms with Gasteiger partial charge in [-0.2, -0.15) is 0 Å². The fraction of sp³-hybridized carbons (Fsp3) is 0.500. The zero-order chi connectivity index (χ0) is 11.5. The maximum absolute atomic E-state index is 4.28. The Morgan fingerprint density at radius 2 is 1.94 bits per heavy atom. The van der Waals surface area contributed by atoms with Crippen LogP contribution in [0.4, 0.5) is 5.82 Å². The molecule has 16 heavy (non-hydrogen) atoms. The highest BCUT2D eigenvalue weighted by Crippen LogP contribution is 2.17. The number of likely N-dealkylation sites (N-methyl/N-ethyl adjacent to an activating group) is 2. The summed E-state index contributed by atoms with van der Waals surface area (Å²) in [6, 6.07) is 0. The second-order valence-corrected chi connectivity index (χ2v) is 4.02. The molecule has 0 aliphatic heterocycles. The van der Waals surface area contributed by atoms with Crippen LogP contribution in [0.1, 0.15) is 0 Å². The van der Waals surface area contributed by atoms with Crippen molar-refractivity contribution in [2.24, 2.45) is 0 Å². The minimum Gasteiger partial charge on any atom is -0.357 e. The molecule has 0 aliphatic rings. The Bertz CT molecular complexity index is 463. The number of nitrogens with zero attached hydrogens (tertiary/aromatic N) is 5. The van der Waals surface area contributed by atoms with Gasteiger partial charge in [0, 0.05) is 20.1 Å². The second-order valence-electron chi connectivity index (χ2n) is 4.02. The van der Waals surface area contributed by atoms with Crippen LogP contribution in [0.3, 0.4) is 0 Å². The van der Waals surface area contributed by atoms with E-state index in [1.165, 1.54) is 0 Å². The zero-order valence-corrected chi connectivity index (χ0v) is 9.80. The highest BCUT2D eigenvalue weighted by Gasteiger charge is 2.09. The van der Waals surface area contributed by atoms with Crippen molar-refractivity contribution < 1.29 is 0 Å². The highest BCUT2D eigenvalue weighted by molar-refractivity contribution is 5.82. The van der Waals surface area contributed by atoms with Crippen molar-refractivity contribution in [3.05, 3.63) is 12.7 Å². The fourth-order valence-corrected chi connectivity index (χ4v) is 1.50. The number of nitrogens with one attached hydrogen (secondary N) is 1. The largest absolute Gasteiger partial charge is 0.357 e. The van der Waals surface area contributed by atoms with E-state index in [1.54, 1.807) is 12.7 Å². The minimum atomic E-state index is 0.710. The van der Waals surface area contributed by atoms with Crippen LogP contribution in [0.25, 0.3) is 11.2 Å². The van der Waals surface area contributed by atoms with Crippen LogP contribution < -0.4 is 4.90 Å². The minimum absolute atomic E-state index is 0.710. The molecule has 0 fully saturated rings. The molecule has 0 unspecified atom stereocenters. The number of hydrogen-bond acceptors (Lipinski definition) is 5. The fourth-order valence-electron chi connectivity index (χ4n) is 1.50. The van der Waals surface area contributed by atoms with Gasteiger partial charge >= 0.3 is 0 Å². The van der Waals surface area contributed by atoms with E-state index in [-0.39, 0.29) is 0 Å². The lowest BCUT2D eigenvalue weighted by Crippen LogP contribution is -2.29. The first-order valence-corrected chi connectivity index (χ1v) is 5.18. The lowest BCUT2D eigenvalue weighted by Gasteiger charge is -2.20. The van der Waals surface area contributed by atoms with Crippen LogP contribution in [0.5, 0.6) is 0 Å². The Labute approximate surface area is 94.3 Å². The van der Waals surface area contributed by atoms with Gasteiger partial charge in [-0.3, -0.25) is 0 Å². The van der Waals surface area contributed by atoms with E-state index in [9.17, 15) is 0 Å². The van der Waals surface area contributed by atoms with Crippen molar-refractivity contribution in [1.29, 1.82) is 0 Å². The van der Waals surface area contributed by atoms with Crippen LogP contribution >= 0.6 is 0 Å². The van der Waals surface area contributed by atoms with Crippen LogP contribution in [-0.2, 0) is 0 Å². The molecule has 0 saturated heterocycles. The van der Waals surface area contributed by atoms with Crippen LogP contribution in [-0.4, -0.2) is 59.1 Å². The first kappa shape index (κ1) is 10.8. The van der Waals surface area contributed by atoms with Gasteiger partial charge in [0.05, 0.1) is 6.33 Å². The number of hydrogen-bond donors (Lipinski definition) is 1. The number of anilines is 1. The predicted molar refractivity (Wildman–Crippen MR) is 63.5 cm³/mol. The second kappa shape index (κ2) is 4.44. The Morgan fingerprint density at radius 1 is 1.12 bits per heavy atom. The van der Waals surface area contributed by atoms with Crippen molar-refractivity contribution >= 4 is 17.0 Å². The van der Waals surface area contributed by atoms with Gasteiger partial charge in [0.15, 0.2) is 11.5 Å². The molecule has 1 N–H and O–H groups in total. The van der Waals surface area contributed by atoms with E-state index in [1.807, 2.05) is 7.05 Å². The number of aromatic amines is 1. The van der Waals surface area contributed by atoms with Crippen molar-refractivity contribution in [3.63, 3.8) is 0 Å². The van der Waals surface area contributed by atoms with Crippen molar-refractivity contribution in [1.82, 2.24) is 24.8 Å². The van der Waals surface area contributed by atoms with Crippen LogP contribution in [0.2, 0.25) is 0 Å². The van der Waals surface area contributed by atoms with Crippen LogP contribution in [0.15, 0.2) is 12.7 Å². The Hall–Kier alpha value is -1.69. The highest BCUT2D eigenvalue weighted by atomic mass is 15.2. The third-order valence-electron chi connectivity index (χ3n) is 2.45. The van der Waals surface area contributed by atoms with Gasteiger partial charge in [0.1, 0.15) is 11.8 Å². The number of imidazole rings is 1. The van der Waals surface area contributed by atoms with Gasteiger partial charge in [-0.05, 0) is 14.1 Å². The topological polar surface area (TPSA) is 60.9 Å². The number of fused-ring (bicyclic) bond motifs is 1. The molecule has 6 heteroatoms. The molecule has 2 heterocycles. The third-order valence-corrected chi connectivity index (χ3v) is 2.45. The summed E-state index contributed by atoms with van der Waals surface area (Å²) in [5, 5.41) is 0. The molecular formula is C10H16N6. The zero-order valence-electron chi connectivity index (χ0n) is 9.80. The van der Waals surface area contributed by atoms with Crippen LogP contribution in [0, 0.1) is 0 Å². The Kier molecular flexibility index (Phi) is 3.00. The molecule has 0 aromatic carbocycles. The number of aromatic nitrogens is 4. The van der Waals surface area contributed by atoms with E-state index in [2.05, 4.69) is 43.8 Å². The van der Waals surface area contributed by atoms with E-state index in [0.717, 1.165) is 24.4 Å². The molecule has 86 valence electrons. The summed E-state index contributed by atoms with van der Waals surface area (Å²) < 4.78 is 0. The van der Waals surface area contributed by atoms with Gasteiger partial charge < -0.3 is 14.8 Å². The van der Waals surface area contributed by atoms with E-state index >= 15 is 0 Å². The van der Waals surface area contributed by atoms with Gasteiger partial charge in [-0.25, -0.2) is 15.0 Å². The summed E-state index contributed by atoms with van der Waals surface area (Å²) in [7, 11) is 6.13. The molecule has 0 saturated carbocycles. The summed E-state index contributed by atoms with van der Waals surface area (Å²) in [4.78, 5) is 19.8. The quantitative estimate of drug-likeness (QED) is 0.805. The molecular weight excluding hydrogens is 204 g/mol. The van der Waals surface area contributed by atoms with E-state index in [4.69, 9.17) is 0 Å². The Balaban J connectivity index is 2.22. The summed E-state index contributed by atoms with van der Waals surface area (Å²) in [5.74, 6) is 0.893. The molecule has 0 atom stereocenters. The normalized spacial score (nSPS) is 11.2. The monoisotopic (exact) mass is 220 g/mol.